The fraction of sp³-hybridized carbons (Fsp3) is 0.529. The Balaban J connectivity index is 1.74. The van der Waals surface area contributed by atoms with Gasteiger partial charge in [-0.1, -0.05) is 0 Å². The van der Waals surface area contributed by atoms with Gasteiger partial charge in [0.25, 0.3) is 0 Å². The lowest BCUT2D eigenvalue weighted by Gasteiger charge is -2.30. The molecule has 6 heteroatoms. The number of nitrogens with zero attached hydrogens (tertiary/aromatic N) is 1. The molecule has 0 aromatic heterocycles. The van der Waals surface area contributed by atoms with Crippen molar-refractivity contribution in [2.75, 3.05) is 19.8 Å². The number of carboxylic acid groups (broad SMARTS) is 1. The average Bonchev–Trinajstić information content (AvgIpc) is 3.03. The maximum absolute atomic E-state index is 12.7. The molecule has 1 fully saturated rings. The summed E-state index contributed by atoms with van der Waals surface area (Å²) in [6.07, 6.45) is 1.82. The van der Waals surface area contributed by atoms with E-state index in [9.17, 15) is 14.7 Å². The molecule has 1 aromatic carbocycles. The molecule has 1 aromatic rings. The lowest BCUT2D eigenvalue weighted by Crippen LogP contribution is -2.46. The van der Waals surface area contributed by atoms with Gasteiger partial charge >= 0.3 is 5.97 Å². The Morgan fingerprint density at radius 1 is 1.43 bits per heavy atom. The van der Waals surface area contributed by atoms with Crippen LogP contribution in [0.25, 0.3) is 0 Å². The normalized spacial score (nSPS) is 23.1. The van der Waals surface area contributed by atoms with Gasteiger partial charge in [-0.2, -0.15) is 0 Å². The smallest absolute Gasteiger partial charge is 0.326 e. The third kappa shape index (κ3) is 3.11. The van der Waals surface area contributed by atoms with Gasteiger partial charge in [0.2, 0.25) is 5.91 Å². The first-order chi connectivity index (χ1) is 11.1. The number of aliphatic carboxylic acids is 1. The van der Waals surface area contributed by atoms with E-state index in [1.807, 2.05) is 25.1 Å². The summed E-state index contributed by atoms with van der Waals surface area (Å²) in [5.74, 6) is 0.148. The summed E-state index contributed by atoms with van der Waals surface area (Å²) in [7, 11) is 0. The average molecular weight is 319 g/mol. The lowest BCUT2D eigenvalue weighted by atomic mass is 9.95. The van der Waals surface area contributed by atoms with Gasteiger partial charge in [0.1, 0.15) is 24.1 Å². The van der Waals surface area contributed by atoms with Crippen molar-refractivity contribution in [1.82, 2.24) is 4.90 Å². The van der Waals surface area contributed by atoms with Crippen molar-refractivity contribution in [3.8, 4) is 11.5 Å². The van der Waals surface area contributed by atoms with Gasteiger partial charge in [0.15, 0.2) is 0 Å². The Labute approximate surface area is 135 Å². The summed E-state index contributed by atoms with van der Waals surface area (Å²) in [5, 5.41) is 9.24. The molecule has 0 saturated carbocycles. The van der Waals surface area contributed by atoms with Crippen molar-refractivity contribution in [3.63, 3.8) is 0 Å². The lowest BCUT2D eigenvalue weighted by molar-refractivity contribution is -0.150. The second-order valence-corrected chi connectivity index (χ2v) is 5.94. The Bertz CT molecular complexity index is 615. The van der Waals surface area contributed by atoms with Crippen LogP contribution in [0.3, 0.4) is 0 Å². The largest absolute Gasteiger partial charge is 0.494 e. The first-order valence-corrected chi connectivity index (χ1v) is 8.02. The zero-order valence-corrected chi connectivity index (χ0v) is 13.2. The van der Waals surface area contributed by atoms with E-state index >= 15 is 0 Å². The van der Waals surface area contributed by atoms with Crippen LogP contribution in [0.1, 0.15) is 25.3 Å². The highest BCUT2D eigenvalue weighted by molar-refractivity contribution is 5.86. The van der Waals surface area contributed by atoms with E-state index < -0.39 is 12.0 Å². The van der Waals surface area contributed by atoms with Gasteiger partial charge < -0.3 is 19.5 Å². The third-order valence-electron chi connectivity index (χ3n) is 4.42. The van der Waals surface area contributed by atoms with Crippen molar-refractivity contribution in [3.05, 3.63) is 23.8 Å². The number of rotatable bonds is 4. The molecule has 2 aliphatic rings. The number of benzene rings is 1. The molecule has 1 saturated heterocycles. The van der Waals surface area contributed by atoms with Crippen LogP contribution in [0.15, 0.2) is 18.2 Å². The molecular formula is C17H21NO5. The topological polar surface area (TPSA) is 76.1 Å². The predicted molar refractivity (Wildman–Crippen MR) is 82.7 cm³/mol. The van der Waals surface area contributed by atoms with Crippen LogP contribution in [0.4, 0.5) is 0 Å². The van der Waals surface area contributed by atoms with Crippen LogP contribution in [0.5, 0.6) is 11.5 Å². The second kappa shape index (κ2) is 6.48. The minimum Gasteiger partial charge on any atom is -0.494 e. The van der Waals surface area contributed by atoms with Gasteiger partial charge in [-0.25, -0.2) is 4.79 Å². The molecule has 2 aliphatic heterocycles. The van der Waals surface area contributed by atoms with E-state index in [-0.39, 0.29) is 11.8 Å². The zero-order valence-electron chi connectivity index (χ0n) is 13.2. The fourth-order valence-electron chi connectivity index (χ4n) is 3.31. The van der Waals surface area contributed by atoms with Crippen LogP contribution >= 0.6 is 0 Å². The quantitative estimate of drug-likeness (QED) is 0.914. The summed E-state index contributed by atoms with van der Waals surface area (Å²) in [4.78, 5) is 25.5. The molecular weight excluding hydrogens is 298 g/mol. The number of ether oxygens (including phenoxy) is 2. The van der Waals surface area contributed by atoms with Crippen LogP contribution in [-0.4, -0.2) is 47.7 Å². The molecule has 6 nitrogen and oxygen atoms in total. The molecule has 124 valence electrons. The number of carboxylic acids is 1. The Kier molecular flexibility index (Phi) is 4.41. The molecule has 0 radical (unpaired) electrons. The molecule has 0 spiro atoms. The van der Waals surface area contributed by atoms with Gasteiger partial charge in [0.05, 0.1) is 12.5 Å². The highest BCUT2D eigenvalue weighted by Gasteiger charge is 2.38. The van der Waals surface area contributed by atoms with E-state index in [4.69, 9.17) is 9.47 Å². The van der Waals surface area contributed by atoms with Gasteiger partial charge in [-0.3, -0.25) is 4.79 Å². The minimum atomic E-state index is -0.924. The molecule has 1 amide bonds. The Morgan fingerprint density at radius 3 is 3.00 bits per heavy atom. The molecule has 0 unspecified atom stereocenters. The molecule has 23 heavy (non-hydrogen) atoms. The van der Waals surface area contributed by atoms with E-state index in [1.54, 1.807) is 0 Å². The van der Waals surface area contributed by atoms with Crippen molar-refractivity contribution in [2.24, 2.45) is 5.92 Å². The van der Waals surface area contributed by atoms with Gasteiger partial charge in [0, 0.05) is 6.54 Å². The molecule has 0 bridgehead atoms. The van der Waals surface area contributed by atoms with Crippen molar-refractivity contribution >= 4 is 11.9 Å². The van der Waals surface area contributed by atoms with Crippen molar-refractivity contribution < 1.29 is 24.2 Å². The SMILES string of the molecule is CCOc1ccc2c(c1)C[C@@H](C(=O)N1CCC[C@H]1C(=O)O)CO2. The number of fused-ring (bicyclic) bond motifs is 1. The standard InChI is InChI=1S/C17H21NO5/c1-2-22-13-5-6-15-11(9-13)8-12(10-23-15)16(19)18-7-3-4-14(18)17(20)21/h5-6,9,12,14H,2-4,7-8,10H2,1H3,(H,20,21)/t12-,14+/m1/s1. The maximum atomic E-state index is 12.7. The second-order valence-electron chi connectivity index (χ2n) is 5.94. The summed E-state index contributed by atoms with van der Waals surface area (Å²) in [6, 6.07) is 4.91. The van der Waals surface area contributed by atoms with Crippen molar-refractivity contribution in [1.29, 1.82) is 0 Å². The number of hydrogen-bond acceptors (Lipinski definition) is 4. The number of hydrogen-bond donors (Lipinski definition) is 1. The Hall–Kier alpha value is -2.24. The summed E-state index contributed by atoms with van der Waals surface area (Å²) in [6.45, 7) is 3.30. The summed E-state index contributed by atoms with van der Waals surface area (Å²) >= 11 is 0. The van der Waals surface area contributed by atoms with Crippen LogP contribution in [-0.2, 0) is 16.0 Å². The fourth-order valence-corrected chi connectivity index (χ4v) is 3.31. The summed E-state index contributed by atoms with van der Waals surface area (Å²) in [5.41, 5.74) is 0.937. The predicted octanol–water partition coefficient (Wildman–Crippen LogP) is 1.71. The van der Waals surface area contributed by atoms with Crippen LogP contribution in [0, 0.1) is 5.92 Å². The molecule has 1 N–H and O–H groups in total. The monoisotopic (exact) mass is 319 g/mol. The third-order valence-corrected chi connectivity index (χ3v) is 4.42. The maximum Gasteiger partial charge on any atom is 0.326 e. The van der Waals surface area contributed by atoms with Gasteiger partial charge in [-0.05, 0) is 49.9 Å². The molecule has 2 atom stereocenters. The van der Waals surface area contributed by atoms with Crippen LogP contribution < -0.4 is 9.47 Å². The molecule has 3 rings (SSSR count). The highest BCUT2D eigenvalue weighted by atomic mass is 16.5. The Morgan fingerprint density at radius 2 is 2.26 bits per heavy atom. The molecule has 2 heterocycles. The first kappa shape index (κ1) is 15.6. The highest BCUT2D eigenvalue weighted by Crippen LogP contribution is 2.32. The zero-order chi connectivity index (χ0) is 16.4. The van der Waals surface area contributed by atoms with E-state index in [2.05, 4.69) is 0 Å². The van der Waals surface area contributed by atoms with E-state index in [0.29, 0.717) is 32.6 Å². The number of likely N-dealkylation sites (tertiary alicyclic amines) is 1. The van der Waals surface area contributed by atoms with Gasteiger partial charge in [-0.15, -0.1) is 0 Å². The number of amides is 1. The van der Waals surface area contributed by atoms with Crippen LogP contribution in [0.2, 0.25) is 0 Å². The van der Waals surface area contributed by atoms with E-state index in [0.717, 1.165) is 23.5 Å². The number of carbonyl (C=O) groups excluding carboxylic acids is 1. The van der Waals surface area contributed by atoms with Crippen molar-refractivity contribution in [2.45, 2.75) is 32.2 Å². The number of carbonyl (C=O) groups is 2. The molecule has 0 aliphatic carbocycles. The van der Waals surface area contributed by atoms with E-state index in [1.165, 1.54) is 4.90 Å². The summed E-state index contributed by atoms with van der Waals surface area (Å²) < 4.78 is 11.2. The first-order valence-electron chi connectivity index (χ1n) is 8.02. The minimum absolute atomic E-state index is 0.123.